The average molecular weight is 378 g/mol. The number of hydrogen-bond donors (Lipinski definition) is 3. The molecule has 0 spiro atoms. The maximum atomic E-state index is 12.6. The Balaban J connectivity index is 1.78. The van der Waals surface area contributed by atoms with Gasteiger partial charge in [0.2, 0.25) is 0 Å². The van der Waals surface area contributed by atoms with Gasteiger partial charge in [-0.1, -0.05) is 35.9 Å². The quantitative estimate of drug-likeness (QED) is 0.551. The second kappa shape index (κ2) is 8.84. The molecule has 0 aromatic heterocycles. The van der Waals surface area contributed by atoms with Crippen LogP contribution >= 0.6 is 0 Å². The van der Waals surface area contributed by atoms with Crippen LogP contribution in [0, 0.1) is 6.92 Å². The molecule has 0 atom stereocenters. The van der Waals surface area contributed by atoms with Crippen molar-refractivity contribution in [1.29, 1.82) is 0 Å². The lowest BCUT2D eigenvalue weighted by molar-refractivity contribution is -0.137. The molecule has 6 nitrogen and oxygen atoms in total. The van der Waals surface area contributed by atoms with Gasteiger partial charge >= 0.3 is 12.2 Å². The van der Waals surface area contributed by atoms with Crippen molar-refractivity contribution < 1.29 is 22.8 Å². The first kappa shape index (κ1) is 20.0. The number of aryl methyl sites for hydroxylation is 1. The van der Waals surface area contributed by atoms with Crippen LogP contribution in [0.2, 0.25) is 0 Å². The Morgan fingerprint density at radius 3 is 2.48 bits per heavy atom. The van der Waals surface area contributed by atoms with Crippen LogP contribution in [0.3, 0.4) is 0 Å². The van der Waals surface area contributed by atoms with Crippen molar-refractivity contribution in [3.8, 4) is 0 Å². The third-order valence-corrected chi connectivity index (χ3v) is 3.34. The third-order valence-electron chi connectivity index (χ3n) is 3.34. The summed E-state index contributed by atoms with van der Waals surface area (Å²) < 4.78 is 37.9. The second-order valence-electron chi connectivity index (χ2n) is 5.59. The fourth-order valence-electron chi connectivity index (χ4n) is 1.98. The number of benzene rings is 2. The first-order valence-electron chi connectivity index (χ1n) is 7.85. The van der Waals surface area contributed by atoms with E-state index in [1.807, 2.05) is 31.2 Å². The van der Waals surface area contributed by atoms with Gasteiger partial charge in [0.05, 0.1) is 11.8 Å². The standard InChI is InChI=1S/C18H17F3N4O2/c1-12-5-7-13(8-6-12)10-23-25-16(26)11-22-17(27)24-15-4-2-3-14(9-15)18(19,20)21/h2-10H,11H2,1H3,(H,25,26)(H2,22,24,27)/b23-10+. The van der Waals surface area contributed by atoms with Crippen LogP contribution in [0.1, 0.15) is 16.7 Å². The predicted molar refractivity (Wildman–Crippen MR) is 95.4 cm³/mol. The molecule has 0 fully saturated rings. The summed E-state index contributed by atoms with van der Waals surface area (Å²) in [7, 11) is 0. The Morgan fingerprint density at radius 1 is 1.11 bits per heavy atom. The molecular formula is C18H17F3N4O2. The summed E-state index contributed by atoms with van der Waals surface area (Å²) in [6.07, 6.45) is -3.07. The van der Waals surface area contributed by atoms with Gasteiger partial charge in [0.15, 0.2) is 0 Å². The molecule has 0 saturated heterocycles. The number of amides is 3. The summed E-state index contributed by atoms with van der Waals surface area (Å²) in [6, 6.07) is 10.8. The van der Waals surface area contributed by atoms with Crippen LogP contribution in [0.25, 0.3) is 0 Å². The molecule has 2 aromatic rings. The first-order valence-corrected chi connectivity index (χ1v) is 7.85. The van der Waals surface area contributed by atoms with E-state index in [-0.39, 0.29) is 5.69 Å². The predicted octanol–water partition coefficient (Wildman–Crippen LogP) is 3.29. The molecule has 0 heterocycles. The highest BCUT2D eigenvalue weighted by Gasteiger charge is 2.30. The molecule has 0 bridgehead atoms. The van der Waals surface area contributed by atoms with Gasteiger partial charge in [-0.2, -0.15) is 18.3 Å². The molecule has 0 radical (unpaired) electrons. The normalized spacial score (nSPS) is 11.3. The molecule has 0 aliphatic carbocycles. The van der Waals surface area contributed by atoms with E-state index in [4.69, 9.17) is 0 Å². The van der Waals surface area contributed by atoms with E-state index < -0.39 is 30.2 Å². The van der Waals surface area contributed by atoms with E-state index in [1.54, 1.807) is 0 Å². The van der Waals surface area contributed by atoms with Gasteiger partial charge in [0.1, 0.15) is 6.54 Å². The molecule has 27 heavy (non-hydrogen) atoms. The maximum absolute atomic E-state index is 12.6. The van der Waals surface area contributed by atoms with Gasteiger partial charge < -0.3 is 10.6 Å². The summed E-state index contributed by atoms with van der Waals surface area (Å²) >= 11 is 0. The number of halogens is 3. The van der Waals surface area contributed by atoms with Crippen molar-refractivity contribution in [1.82, 2.24) is 10.7 Å². The number of hydrazone groups is 1. The second-order valence-corrected chi connectivity index (χ2v) is 5.59. The van der Waals surface area contributed by atoms with E-state index in [2.05, 4.69) is 21.2 Å². The smallest absolute Gasteiger partial charge is 0.329 e. The minimum atomic E-state index is -4.51. The summed E-state index contributed by atoms with van der Waals surface area (Å²) in [6.45, 7) is 1.55. The minimum Gasteiger partial charge on any atom is -0.329 e. The number of rotatable bonds is 5. The Labute approximate surface area is 153 Å². The van der Waals surface area contributed by atoms with E-state index in [1.165, 1.54) is 18.3 Å². The van der Waals surface area contributed by atoms with E-state index in [9.17, 15) is 22.8 Å². The zero-order chi connectivity index (χ0) is 19.9. The van der Waals surface area contributed by atoms with Crippen molar-refractivity contribution in [3.63, 3.8) is 0 Å². The topological polar surface area (TPSA) is 82.6 Å². The minimum absolute atomic E-state index is 0.0416. The van der Waals surface area contributed by atoms with E-state index >= 15 is 0 Å². The Morgan fingerprint density at radius 2 is 1.81 bits per heavy atom. The van der Waals surface area contributed by atoms with Gasteiger partial charge in [-0.3, -0.25) is 4.79 Å². The summed E-state index contributed by atoms with van der Waals surface area (Å²) in [4.78, 5) is 23.3. The van der Waals surface area contributed by atoms with Gasteiger partial charge in [-0.25, -0.2) is 10.2 Å². The van der Waals surface area contributed by atoms with Crippen molar-refractivity contribution >= 4 is 23.8 Å². The Kier molecular flexibility index (Phi) is 6.53. The molecule has 2 aromatic carbocycles. The van der Waals surface area contributed by atoms with Gasteiger partial charge in [-0.05, 0) is 30.7 Å². The zero-order valence-electron chi connectivity index (χ0n) is 14.3. The molecule has 9 heteroatoms. The average Bonchev–Trinajstić information content (AvgIpc) is 2.61. The fraction of sp³-hybridized carbons (Fsp3) is 0.167. The summed E-state index contributed by atoms with van der Waals surface area (Å²) in [5.41, 5.74) is 3.18. The fourth-order valence-corrected chi connectivity index (χ4v) is 1.98. The number of carbonyl (C=O) groups is 2. The number of anilines is 1. The monoisotopic (exact) mass is 378 g/mol. The molecule has 142 valence electrons. The number of alkyl halides is 3. The maximum Gasteiger partial charge on any atom is 0.416 e. The zero-order valence-corrected chi connectivity index (χ0v) is 14.3. The Bertz CT molecular complexity index is 833. The Hall–Kier alpha value is -3.36. The highest BCUT2D eigenvalue weighted by Crippen LogP contribution is 2.30. The molecule has 0 unspecified atom stereocenters. The van der Waals surface area contributed by atoms with Crippen molar-refractivity contribution in [3.05, 3.63) is 65.2 Å². The van der Waals surface area contributed by atoms with Crippen LogP contribution < -0.4 is 16.1 Å². The number of nitrogens with one attached hydrogen (secondary N) is 3. The highest BCUT2D eigenvalue weighted by atomic mass is 19.4. The molecular weight excluding hydrogens is 361 g/mol. The van der Waals surface area contributed by atoms with Crippen molar-refractivity contribution in [2.75, 3.05) is 11.9 Å². The largest absolute Gasteiger partial charge is 0.416 e. The van der Waals surface area contributed by atoms with Crippen LogP contribution in [-0.2, 0) is 11.0 Å². The molecule has 2 rings (SSSR count). The lowest BCUT2D eigenvalue weighted by Crippen LogP contribution is -2.37. The lowest BCUT2D eigenvalue weighted by atomic mass is 10.2. The van der Waals surface area contributed by atoms with Gasteiger partial charge in [0, 0.05) is 5.69 Å². The van der Waals surface area contributed by atoms with Crippen LogP contribution in [0.15, 0.2) is 53.6 Å². The van der Waals surface area contributed by atoms with Crippen molar-refractivity contribution in [2.24, 2.45) is 5.10 Å². The number of carbonyl (C=O) groups excluding carboxylic acids is 2. The van der Waals surface area contributed by atoms with E-state index in [0.717, 1.165) is 23.3 Å². The molecule has 0 saturated carbocycles. The summed E-state index contributed by atoms with van der Waals surface area (Å²) in [5, 5.41) is 8.21. The number of nitrogens with zero attached hydrogens (tertiary/aromatic N) is 1. The van der Waals surface area contributed by atoms with Crippen molar-refractivity contribution in [2.45, 2.75) is 13.1 Å². The SMILES string of the molecule is Cc1ccc(/C=N/NC(=O)CNC(=O)Nc2cccc(C(F)(F)F)c2)cc1. The van der Waals surface area contributed by atoms with Gasteiger partial charge in [-0.15, -0.1) is 0 Å². The third kappa shape index (κ3) is 6.81. The number of urea groups is 1. The van der Waals surface area contributed by atoms with Gasteiger partial charge in [0.25, 0.3) is 5.91 Å². The van der Waals surface area contributed by atoms with Crippen LogP contribution in [0.5, 0.6) is 0 Å². The lowest BCUT2D eigenvalue weighted by Gasteiger charge is -2.10. The summed E-state index contributed by atoms with van der Waals surface area (Å²) in [5.74, 6) is -0.586. The molecule has 3 amide bonds. The van der Waals surface area contributed by atoms with Crippen LogP contribution in [-0.4, -0.2) is 24.7 Å². The number of hydrogen-bond acceptors (Lipinski definition) is 3. The molecule has 3 N–H and O–H groups in total. The van der Waals surface area contributed by atoms with E-state index in [0.29, 0.717) is 0 Å². The first-order chi connectivity index (χ1) is 12.7. The van der Waals surface area contributed by atoms with Crippen LogP contribution in [0.4, 0.5) is 23.7 Å². The molecule has 0 aliphatic rings. The molecule has 0 aliphatic heterocycles. The highest BCUT2D eigenvalue weighted by molar-refractivity contribution is 5.92.